The summed E-state index contributed by atoms with van der Waals surface area (Å²) in [4.78, 5) is 24.1. The van der Waals surface area contributed by atoms with Crippen LogP contribution in [0.4, 0.5) is 0 Å². The molecule has 0 saturated carbocycles. The molecule has 108 valence electrons. The quantitative estimate of drug-likeness (QED) is 0.878. The highest BCUT2D eigenvalue weighted by atomic mass is 16.5. The van der Waals surface area contributed by atoms with E-state index < -0.39 is 12.1 Å². The van der Waals surface area contributed by atoms with Crippen molar-refractivity contribution >= 4 is 11.9 Å². The normalized spacial score (nSPS) is 18.5. The summed E-state index contributed by atoms with van der Waals surface area (Å²) >= 11 is 0. The SMILES string of the molecule is C[C@@H](NC(=O)[C@H]1Cc2ccccc2C(=O)O1)c1ccco1. The highest BCUT2D eigenvalue weighted by molar-refractivity contribution is 5.95. The predicted molar refractivity (Wildman–Crippen MR) is 74.6 cm³/mol. The smallest absolute Gasteiger partial charge is 0.339 e. The summed E-state index contributed by atoms with van der Waals surface area (Å²) in [5.41, 5.74) is 1.36. The maximum atomic E-state index is 12.2. The van der Waals surface area contributed by atoms with Gasteiger partial charge in [0.25, 0.3) is 5.91 Å². The average molecular weight is 285 g/mol. The third-order valence-corrected chi connectivity index (χ3v) is 3.51. The largest absolute Gasteiger partial charge is 0.467 e. The van der Waals surface area contributed by atoms with Crippen LogP contribution in [0.15, 0.2) is 47.1 Å². The monoisotopic (exact) mass is 285 g/mol. The molecule has 1 aromatic heterocycles. The maximum absolute atomic E-state index is 12.2. The first-order valence-corrected chi connectivity index (χ1v) is 6.78. The number of hydrogen-bond acceptors (Lipinski definition) is 4. The van der Waals surface area contributed by atoms with Crippen LogP contribution in [0.3, 0.4) is 0 Å². The van der Waals surface area contributed by atoms with Crippen LogP contribution in [0.5, 0.6) is 0 Å². The average Bonchev–Trinajstić information content (AvgIpc) is 3.01. The number of hydrogen-bond donors (Lipinski definition) is 1. The van der Waals surface area contributed by atoms with Gasteiger partial charge in [0.1, 0.15) is 5.76 Å². The standard InChI is InChI=1S/C16H15NO4/c1-10(13-7-4-8-20-13)17-15(18)14-9-11-5-2-3-6-12(11)16(19)21-14/h2-8,10,14H,9H2,1H3,(H,17,18)/t10-,14-/m1/s1. The highest BCUT2D eigenvalue weighted by Gasteiger charge is 2.31. The van der Waals surface area contributed by atoms with Crippen molar-refractivity contribution in [1.82, 2.24) is 5.32 Å². The molecule has 1 aromatic carbocycles. The number of benzene rings is 1. The van der Waals surface area contributed by atoms with E-state index in [1.54, 1.807) is 30.5 Å². The summed E-state index contributed by atoms with van der Waals surface area (Å²) < 4.78 is 10.4. The lowest BCUT2D eigenvalue weighted by Gasteiger charge is -2.24. The van der Waals surface area contributed by atoms with E-state index in [0.29, 0.717) is 17.7 Å². The van der Waals surface area contributed by atoms with Gasteiger partial charge in [0.2, 0.25) is 0 Å². The van der Waals surface area contributed by atoms with Crippen LogP contribution in [0, 0.1) is 0 Å². The summed E-state index contributed by atoms with van der Waals surface area (Å²) in [5, 5.41) is 2.79. The molecule has 1 aliphatic rings. The number of carbonyl (C=O) groups is 2. The Balaban J connectivity index is 1.71. The predicted octanol–water partition coefficient (Wildman–Crippen LogP) is 2.24. The number of ether oxygens (including phenoxy) is 1. The maximum Gasteiger partial charge on any atom is 0.339 e. The van der Waals surface area contributed by atoms with Crippen LogP contribution in [0.2, 0.25) is 0 Å². The number of fused-ring (bicyclic) bond motifs is 1. The molecule has 0 radical (unpaired) electrons. The van der Waals surface area contributed by atoms with E-state index in [9.17, 15) is 9.59 Å². The molecule has 0 spiro atoms. The zero-order valence-corrected chi connectivity index (χ0v) is 11.5. The zero-order chi connectivity index (χ0) is 14.8. The van der Waals surface area contributed by atoms with Gasteiger partial charge in [-0.2, -0.15) is 0 Å². The Morgan fingerprint density at radius 3 is 2.86 bits per heavy atom. The minimum absolute atomic E-state index is 0.275. The summed E-state index contributed by atoms with van der Waals surface area (Å²) in [7, 11) is 0. The van der Waals surface area contributed by atoms with E-state index in [0.717, 1.165) is 5.56 Å². The van der Waals surface area contributed by atoms with Crippen molar-refractivity contribution in [2.24, 2.45) is 0 Å². The van der Waals surface area contributed by atoms with Gasteiger partial charge in [-0.1, -0.05) is 18.2 Å². The van der Waals surface area contributed by atoms with Crippen LogP contribution in [0.25, 0.3) is 0 Å². The number of nitrogens with one attached hydrogen (secondary N) is 1. The van der Waals surface area contributed by atoms with E-state index in [-0.39, 0.29) is 11.9 Å². The Morgan fingerprint density at radius 1 is 1.29 bits per heavy atom. The van der Waals surface area contributed by atoms with Gasteiger partial charge >= 0.3 is 5.97 Å². The molecule has 1 amide bonds. The minimum atomic E-state index is -0.801. The summed E-state index contributed by atoms with van der Waals surface area (Å²) in [6.07, 6.45) is 1.14. The first-order valence-electron chi connectivity index (χ1n) is 6.78. The van der Waals surface area contributed by atoms with Gasteiger partial charge in [-0.15, -0.1) is 0 Å². The van der Waals surface area contributed by atoms with Crippen molar-refractivity contribution in [1.29, 1.82) is 0 Å². The lowest BCUT2D eigenvalue weighted by Crippen LogP contribution is -2.42. The van der Waals surface area contributed by atoms with Gasteiger partial charge < -0.3 is 14.5 Å². The van der Waals surface area contributed by atoms with E-state index in [1.807, 2.05) is 19.1 Å². The van der Waals surface area contributed by atoms with Gasteiger partial charge in [0, 0.05) is 6.42 Å². The van der Waals surface area contributed by atoms with Crippen molar-refractivity contribution in [2.75, 3.05) is 0 Å². The van der Waals surface area contributed by atoms with Crippen LogP contribution in [-0.4, -0.2) is 18.0 Å². The number of esters is 1. The second-order valence-corrected chi connectivity index (χ2v) is 5.00. The van der Waals surface area contributed by atoms with Crippen LogP contribution in [0.1, 0.15) is 34.6 Å². The van der Waals surface area contributed by atoms with Gasteiger partial charge in [-0.3, -0.25) is 4.79 Å². The molecule has 2 atom stereocenters. The first-order chi connectivity index (χ1) is 10.1. The lowest BCUT2D eigenvalue weighted by molar-refractivity contribution is -0.131. The Hall–Kier alpha value is -2.56. The summed E-state index contributed by atoms with van der Waals surface area (Å²) in [5.74, 6) is -0.115. The Bertz CT molecular complexity index is 663. The van der Waals surface area contributed by atoms with Gasteiger partial charge in [-0.25, -0.2) is 4.79 Å². The molecule has 1 N–H and O–H groups in total. The molecule has 5 nitrogen and oxygen atoms in total. The molecule has 0 aliphatic carbocycles. The van der Waals surface area contributed by atoms with Crippen LogP contribution < -0.4 is 5.32 Å². The van der Waals surface area contributed by atoms with E-state index in [1.165, 1.54) is 0 Å². The Morgan fingerprint density at radius 2 is 2.10 bits per heavy atom. The lowest BCUT2D eigenvalue weighted by atomic mass is 9.98. The Kier molecular flexibility index (Phi) is 3.48. The molecule has 21 heavy (non-hydrogen) atoms. The minimum Gasteiger partial charge on any atom is -0.467 e. The van der Waals surface area contributed by atoms with Crippen LogP contribution in [-0.2, 0) is 16.0 Å². The molecule has 2 heterocycles. The third-order valence-electron chi connectivity index (χ3n) is 3.51. The van der Waals surface area contributed by atoms with Gasteiger partial charge in [0.15, 0.2) is 6.10 Å². The molecular weight excluding hydrogens is 270 g/mol. The number of rotatable bonds is 3. The topological polar surface area (TPSA) is 68.5 Å². The summed E-state index contributed by atoms with van der Waals surface area (Å²) in [6, 6.07) is 10.4. The number of amides is 1. The molecular formula is C16H15NO4. The van der Waals surface area contributed by atoms with Crippen molar-refractivity contribution < 1.29 is 18.7 Å². The van der Waals surface area contributed by atoms with E-state index in [2.05, 4.69) is 5.32 Å². The fourth-order valence-electron chi connectivity index (χ4n) is 2.39. The molecule has 2 aromatic rings. The molecule has 5 heteroatoms. The molecule has 0 unspecified atom stereocenters. The van der Waals surface area contributed by atoms with Crippen molar-refractivity contribution in [3.05, 3.63) is 59.5 Å². The van der Waals surface area contributed by atoms with Crippen molar-refractivity contribution in [3.63, 3.8) is 0 Å². The van der Waals surface area contributed by atoms with Crippen molar-refractivity contribution in [3.8, 4) is 0 Å². The summed E-state index contributed by atoms with van der Waals surface area (Å²) in [6.45, 7) is 1.81. The van der Waals surface area contributed by atoms with Crippen LogP contribution >= 0.6 is 0 Å². The van der Waals surface area contributed by atoms with E-state index in [4.69, 9.17) is 9.15 Å². The molecule has 3 rings (SSSR count). The number of furan rings is 1. The fourth-order valence-corrected chi connectivity index (χ4v) is 2.39. The van der Waals surface area contributed by atoms with Gasteiger partial charge in [-0.05, 0) is 30.7 Å². The second-order valence-electron chi connectivity index (χ2n) is 5.00. The second kappa shape index (κ2) is 5.44. The first kappa shape index (κ1) is 13.4. The van der Waals surface area contributed by atoms with Crippen molar-refractivity contribution in [2.45, 2.75) is 25.5 Å². The molecule has 1 aliphatic heterocycles. The van der Waals surface area contributed by atoms with Gasteiger partial charge in [0.05, 0.1) is 17.9 Å². The molecule has 0 fully saturated rings. The zero-order valence-electron chi connectivity index (χ0n) is 11.5. The number of cyclic esters (lactones) is 1. The number of carbonyl (C=O) groups excluding carboxylic acids is 2. The third kappa shape index (κ3) is 2.67. The van der Waals surface area contributed by atoms with E-state index >= 15 is 0 Å². The fraction of sp³-hybridized carbons (Fsp3) is 0.250. The Labute approximate surface area is 121 Å². The highest BCUT2D eigenvalue weighted by Crippen LogP contribution is 2.21. The molecule has 0 saturated heterocycles. The molecule has 0 bridgehead atoms.